The smallest absolute Gasteiger partial charge is 0.0949 e. The molecule has 0 radical (unpaired) electrons. The molecule has 4 heteroatoms. The van der Waals surface area contributed by atoms with Crippen molar-refractivity contribution in [2.75, 3.05) is 19.7 Å². The fourth-order valence-electron chi connectivity index (χ4n) is 2.53. The molecule has 1 saturated heterocycles. The number of hydrogen-bond acceptors (Lipinski definition) is 3. The van der Waals surface area contributed by atoms with E-state index in [4.69, 9.17) is 16.3 Å². The van der Waals surface area contributed by atoms with Crippen LogP contribution in [0.15, 0.2) is 36.5 Å². The number of aryl methyl sites for hydroxylation is 1. The van der Waals surface area contributed by atoms with Gasteiger partial charge in [-0.3, -0.25) is 4.98 Å². The van der Waals surface area contributed by atoms with Gasteiger partial charge in [0.2, 0.25) is 0 Å². The second kappa shape index (κ2) is 6.56. The van der Waals surface area contributed by atoms with Gasteiger partial charge in [0.1, 0.15) is 0 Å². The predicted molar refractivity (Wildman–Crippen MR) is 84.8 cm³/mol. The third kappa shape index (κ3) is 3.62. The van der Waals surface area contributed by atoms with Crippen LogP contribution in [-0.4, -0.2) is 24.7 Å². The fourth-order valence-corrected chi connectivity index (χ4v) is 2.64. The van der Waals surface area contributed by atoms with Crippen molar-refractivity contribution in [1.82, 2.24) is 10.3 Å². The van der Waals surface area contributed by atoms with Crippen LogP contribution in [0.5, 0.6) is 0 Å². The number of nitrogens with zero attached hydrogens (tertiary/aromatic N) is 1. The highest BCUT2D eigenvalue weighted by molar-refractivity contribution is 6.31. The maximum atomic E-state index is 6.01. The summed E-state index contributed by atoms with van der Waals surface area (Å²) in [4.78, 5) is 4.38. The van der Waals surface area contributed by atoms with E-state index in [1.54, 1.807) is 6.20 Å². The predicted octanol–water partition coefficient (Wildman–Crippen LogP) is 3.30. The Kier molecular flexibility index (Phi) is 4.54. The van der Waals surface area contributed by atoms with Crippen LogP contribution < -0.4 is 5.32 Å². The van der Waals surface area contributed by atoms with Gasteiger partial charge < -0.3 is 10.1 Å². The van der Waals surface area contributed by atoms with Crippen LogP contribution in [0.3, 0.4) is 0 Å². The van der Waals surface area contributed by atoms with Gasteiger partial charge in [0, 0.05) is 31.4 Å². The van der Waals surface area contributed by atoms with Gasteiger partial charge in [-0.1, -0.05) is 35.9 Å². The van der Waals surface area contributed by atoms with Crippen LogP contribution in [0.25, 0.3) is 0 Å². The summed E-state index contributed by atoms with van der Waals surface area (Å²) in [5.41, 5.74) is 4.59. The van der Waals surface area contributed by atoms with Crippen molar-refractivity contribution in [2.45, 2.75) is 19.4 Å². The van der Waals surface area contributed by atoms with Gasteiger partial charge >= 0.3 is 0 Å². The van der Waals surface area contributed by atoms with Gasteiger partial charge in [-0.25, -0.2) is 0 Å². The normalized spacial score (nSPS) is 18.7. The lowest BCUT2D eigenvalue weighted by atomic mass is 10.0. The standard InChI is InChI=1S/C17H19ClN2O/c1-12-8-15(20-10-16(12)18)9-13-2-4-14(5-3-13)17-11-19-6-7-21-17/h2-5,8,10,17,19H,6-7,9,11H2,1H3/t17-/m1/s1. The molecule has 1 aliphatic rings. The lowest BCUT2D eigenvalue weighted by molar-refractivity contribution is 0.0277. The summed E-state index contributed by atoms with van der Waals surface area (Å²) in [7, 11) is 0. The van der Waals surface area contributed by atoms with E-state index in [9.17, 15) is 0 Å². The van der Waals surface area contributed by atoms with Gasteiger partial charge in [-0.05, 0) is 29.7 Å². The van der Waals surface area contributed by atoms with Gasteiger partial charge in [-0.15, -0.1) is 0 Å². The molecule has 1 fully saturated rings. The first-order chi connectivity index (χ1) is 10.2. The number of rotatable bonds is 3. The number of halogens is 1. The summed E-state index contributed by atoms with van der Waals surface area (Å²) in [5, 5.41) is 4.07. The Labute approximate surface area is 130 Å². The summed E-state index contributed by atoms with van der Waals surface area (Å²) in [5.74, 6) is 0. The zero-order valence-corrected chi connectivity index (χ0v) is 12.9. The SMILES string of the molecule is Cc1cc(Cc2ccc([C@H]3CNCCO3)cc2)ncc1Cl. The second-order valence-electron chi connectivity index (χ2n) is 5.41. The molecule has 1 atom stereocenters. The molecule has 2 aromatic rings. The molecule has 1 aliphatic heterocycles. The number of nitrogens with one attached hydrogen (secondary N) is 1. The van der Waals surface area contributed by atoms with Crippen molar-refractivity contribution in [3.05, 3.63) is 63.9 Å². The number of aromatic nitrogens is 1. The minimum atomic E-state index is 0.170. The molecule has 1 aromatic heterocycles. The molecule has 0 aliphatic carbocycles. The Morgan fingerprint density at radius 1 is 1.33 bits per heavy atom. The second-order valence-corrected chi connectivity index (χ2v) is 5.81. The molecule has 0 unspecified atom stereocenters. The number of hydrogen-bond donors (Lipinski definition) is 1. The Balaban J connectivity index is 1.70. The molecule has 1 aromatic carbocycles. The molecule has 3 rings (SSSR count). The Hall–Kier alpha value is -1.42. The van der Waals surface area contributed by atoms with Crippen molar-refractivity contribution in [2.24, 2.45) is 0 Å². The van der Waals surface area contributed by atoms with Crippen LogP contribution in [0.2, 0.25) is 5.02 Å². The highest BCUT2D eigenvalue weighted by Crippen LogP contribution is 2.21. The minimum Gasteiger partial charge on any atom is -0.371 e. The number of pyridine rings is 1. The molecular weight excluding hydrogens is 284 g/mol. The molecule has 3 nitrogen and oxygen atoms in total. The summed E-state index contributed by atoms with van der Waals surface area (Å²) >= 11 is 6.01. The number of morpholine rings is 1. The fraction of sp³-hybridized carbons (Fsp3) is 0.353. The Bertz CT molecular complexity index is 607. The maximum Gasteiger partial charge on any atom is 0.0949 e. The minimum absolute atomic E-state index is 0.170. The number of benzene rings is 1. The van der Waals surface area contributed by atoms with Crippen molar-refractivity contribution in [3.63, 3.8) is 0 Å². The van der Waals surface area contributed by atoms with E-state index in [2.05, 4.69) is 34.6 Å². The summed E-state index contributed by atoms with van der Waals surface area (Å²) in [6, 6.07) is 10.6. The maximum absolute atomic E-state index is 6.01. The first-order valence-corrected chi connectivity index (χ1v) is 7.62. The molecule has 0 bridgehead atoms. The van der Waals surface area contributed by atoms with Gasteiger partial charge in [0.05, 0.1) is 17.7 Å². The van der Waals surface area contributed by atoms with E-state index in [1.165, 1.54) is 11.1 Å². The van der Waals surface area contributed by atoms with Crippen LogP contribution in [0.1, 0.15) is 28.5 Å². The van der Waals surface area contributed by atoms with Crippen molar-refractivity contribution in [3.8, 4) is 0 Å². The van der Waals surface area contributed by atoms with Gasteiger partial charge in [0.15, 0.2) is 0 Å². The lowest BCUT2D eigenvalue weighted by Gasteiger charge is -2.24. The van der Waals surface area contributed by atoms with Crippen LogP contribution in [-0.2, 0) is 11.2 Å². The van der Waals surface area contributed by atoms with Crippen LogP contribution in [0.4, 0.5) is 0 Å². The summed E-state index contributed by atoms with van der Waals surface area (Å²) in [6.45, 7) is 4.61. The summed E-state index contributed by atoms with van der Waals surface area (Å²) < 4.78 is 5.76. The monoisotopic (exact) mass is 302 g/mol. The molecule has 0 spiro atoms. The zero-order valence-electron chi connectivity index (χ0n) is 12.1. The largest absolute Gasteiger partial charge is 0.371 e. The molecule has 0 amide bonds. The average Bonchev–Trinajstić information content (AvgIpc) is 2.53. The molecule has 21 heavy (non-hydrogen) atoms. The van der Waals surface area contributed by atoms with E-state index in [0.717, 1.165) is 42.4 Å². The first kappa shape index (κ1) is 14.5. The summed E-state index contributed by atoms with van der Waals surface area (Å²) in [6.07, 6.45) is 2.72. The highest BCUT2D eigenvalue weighted by atomic mass is 35.5. The van der Waals surface area contributed by atoms with E-state index in [-0.39, 0.29) is 6.10 Å². The van der Waals surface area contributed by atoms with Crippen LogP contribution >= 0.6 is 11.6 Å². The van der Waals surface area contributed by atoms with E-state index < -0.39 is 0 Å². The van der Waals surface area contributed by atoms with Gasteiger partial charge in [0.25, 0.3) is 0 Å². The van der Waals surface area contributed by atoms with Gasteiger partial charge in [-0.2, -0.15) is 0 Å². The van der Waals surface area contributed by atoms with Crippen LogP contribution in [0, 0.1) is 6.92 Å². The molecular formula is C17H19ClN2O. The average molecular weight is 303 g/mol. The van der Waals surface area contributed by atoms with Crippen molar-refractivity contribution >= 4 is 11.6 Å². The van der Waals surface area contributed by atoms with Crippen molar-refractivity contribution < 1.29 is 4.74 Å². The Morgan fingerprint density at radius 3 is 2.81 bits per heavy atom. The van der Waals surface area contributed by atoms with E-state index >= 15 is 0 Å². The first-order valence-electron chi connectivity index (χ1n) is 7.24. The number of ether oxygens (including phenoxy) is 1. The molecule has 0 saturated carbocycles. The highest BCUT2D eigenvalue weighted by Gasteiger charge is 2.15. The Morgan fingerprint density at radius 2 is 2.14 bits per heavy atom. The lowest BCUT2D eigenvalue weighted by Crippen LogP contribution is -2.33. The molecule has 110 valence electrons. The third-order valence-corrected chi connectivity index (χ3v) is 4.16. The topological polar surface area (TPSA) is 34.1 Å². The van der Waals surface area contributed by atoms with E-state index in [1.807, 2.05) is 13.0 Å². The molecule has 1 N–H and O–H groups in total. The quantitative estimate of drug-likeness (QED) is 0.944. The van der Waals surface area contributed by atoms with E-state index in [0.29, 0.717) is 0 Å². The molecule has 2 heterocycles. The third-order valence-electron chi connectivity index (χ3n) is 3.77. The zero-order chi connectivity index (χ0) is 14.7. The van der Waals surface area contributed by atoms with Crippen molar-refractivity contribution in [1.29, 1.82) is 0 Å².